The lowest BCUT2D eigenvalue weighted by Crippen LogP contribution is -2.67. The van der Waals surface area contributed by atoms with Crippen LogP contribution in [-0.4, -0.2) is 45.3 Å². The van der Waals surface area contributed by atoms with Gasteiger partial charge in [0.15, 0.2) is 16.5 Å². The zero-order valence-electron chi connectivity index (χ0n) is 15.1. The van der Waals surface area contributed by atoms with Crippen LogP contribution in [0.5, 0.6) is 0 Å². The molecule has 0 radical (unpaired) electrons. The zero-order chi connectivity index (χ0) is 17.2. The number of hydrogen-bond acceptors (Lipinski definition) is 3. The first-order chi connectivity index (χ1) is 11.4. The fraction of sp³-hybridized carbons (Fsp3) is 0.316. The highest BCUT2D eigenvalue weighted by molar-refractivity contribution is 6.89. The van der Waals surface area contributed by atoms with E-state index in [0.717, 1.165) is 13.3 Å². The van der Waals surface area contributed by atoms with E-state index in [-0.39, 0.29) is 0 Å². The summed E-state index contributed by atoms with van der Waals surface area (Å²) < 4.78 is 5.10. The third-order valence-electron chi connectivity index (χ3n) is 5.27. The maximum absolute atomic E-state index is 4.72. The molecule has 126 valence electrons. The van der Waals surface area contributed by atoms with E-state index in [1.165, 1.54) is 10.4 Å². The van der Waals surface area contributed by atoms with E-state index in [0.29, 0.717) is 0 Å². The number of rotatable bonds is 4. The van der Waals surface area contributed by atoms with E-state index in [9.17, 15) is 0 Å². The molecular formula is C19H27N3Si2. The van der Waals surface area contributed by atoms with Gasteiger partial charge in [0.1, 0.15) is 0 Å². The summed E-state index contributed by atoms with van der Waals surface area (Å²) in [5, 5.41) is 2.93. The topological polar surface area (TPSA) is 18.8 Å². The maximum atomic E-state index is 4.72. The van der Waals surface area contributed by atoms with Crippen molar-refractivity contribution in [1.29, 1.82) is 0 Å². The van der Waals surface area contributed by atoms with Gasteiger partial charge >= 0.3 is 0 Å². The molecule has 5 heteroatoms. The molecule has 0 aliphatic carbocycles. The maximum Gasteiger partial charge on any atom is 0.184 e. The average molecular weight is 354 g/mol. The van der Waals surface area contributed by atoms with E-state index in [1.54, 1.807) is 0 Å². The van der Waals surface area contributed by atoms with Gasteiger partial charge in [0.05, 0.1) is 19.7 Å². The Balaban J connectivity index is 1.85. The Morgan fingerprint density at radius 1 is 0.750 bits per heavy atom. The van der Waals surface area contributed by atoms with E-state index in [2.05, 4.69) is 102 Å². The molecule has 2 aromatic rings. The molecule has 1 heterocycles. The van der Waals surface area contributed by atoms with Crippen LogP contribution in [0.25, 0.3) is 0 Å². The van der Waals surface area contributed by atoms with Gasteiger partial charge in [-0.1, -0.05) is 73.8 Å². The monoisotopic (exact) mass is 353 g/mol. The van der Waals surface area contributed by atoms with Crippen LogP contribution >= 0.6 is 0 Å². The van der Waals surface area contributed by atoms with Gasteiger partial charge in [-0.05, 0) is 23.5 Å². The molecule has 0 N–H and O–H groups in total. The van der Waals surface area contributed by atoms with Crippen molar-refractivity contribution in [2.45, 2.75) is 26.2 Å². The highest BCUT2D eigenvalue weighted by Gasteiger charge is 2.38. The molecule has 0 aromatic heterocycles. The van der Waals surface area contributed by atoms with Crippen LogP contribution < -0.4 is 10.4 Å². The van der Waals surface area contributed by atoms with Crippen molar-refractivity contribution in [2.75, 3.05) is 13.3 Å². The van der Waals surface area contributed by atoms with Crippen LogP contribution in [0, 0.1) is 0 Å². The first-order valence-electron chi connectivity index (χ1n) is 8.55. The smallest absolute Gasteiger partial charge is 0.184 e. The minimum Gasteiger partial charge on any atom is -0.373 e. The second-order valence-corrected chi connectivity index (χ2v) is 16.0. The predicted octanol–water partition coefficient (Wildman–Crippen LogP) is 2.77. The zero-order valence-corrected chi connectivity index (χ0v) is 17.1. The number of aliphatic imine (C=N–C) groups is 1. The van der Waals surface area contributed by atoms with E-state index < -0.39 is 16.5 Å². The van der Waals surface area contributed by atoms with Crippen LogP contribution in [0.4, 0.5) is 0 Å². The van der Waals surface area contributed by atoms with Crippen molar-refractivity contribution >= 4 is 33.2 Å². The minimum absolute atomic E-state index is 0.809. The number of hydrogen-bond donors (Lipinski definition) is 0. The average Bonchev–Trinajstić information content (AvgIpc) is 2.63. The molecule has 0 fully saturated rings. The standard InChI is InChI=1S/C19H27N3Si2/c1-23(2,18-11-7-5-8-12-18)21-15-20-16-22(17-21)24(3,4)19-13-9-6-10-14-19/h5-15H,16-17H2,1-4H3. The summed E-state index contributed by atoms with van der Waals surface area (Å²) in [6.45, 7) is 11.5. The minimum atomic E-state index is -1.74. The van der Waals surface area contributed by atoms with Gasteiger partial charge in [-0.15, -0.1) is 0 Å². The Bertz CT molecular complexity index is 699. The molecule has 0 bridgehead atoms. The molecule has 24 heavy (non-hydrogen) atoms. The first-order valence-corrected chi connectivity index (χ1v) is 14.4. The highest BCUT2D eigenvalue weighted by Crippen LogP contribution is 2.18. The van der Waals surface area contributed by atoms with Crippen molar-refractivity contribution in [2.24, 2.45) is 4.99 Å². The van der Waals surface area contributed by atoms with Crippen molar-refractivity contribution < 1.29 is 0 Å². The third kappa shape index (κ3) is 3.24. The second kappa shape index (κ2) is 6.66. The fourth-order valence-electron chi connectivity index (χ4n) is 3.21. The van der Waals surface area contributed by atoms with Crippen LogP contribution in [-0.2, 0) is 0 Å². The fourth-order valence-corrected chi connectivity index (χ4v) is 7.90. The Morgan fingerprint density at radius 2 is 1.25 bits per heavy atom. The summed E-state index contributed by atoms with van der Waals surface area (Å²) in [4.78, 5) is 4.72. The van der Waals surface area contributed by atoms with Gasteiger partial charge in [-0.2, -0.15) is 0 Å². The summed E-state index contributed by atoms with van der Waals surface area (Å²) in [5.74, 6) is 0. The molecule has 0 saturated carbocycles. The molecule has 0 atom stereocenters. The lowest BCUT2D eigenvalue weighted by molar-refractivity contribution is 0.338. The molecule has 0 spiro atoms. The number of benzene rings is 2. The van der Waals surface area contributed by atoms with Gasteiger partial charge in [0.25, 0.3) is 0 Å². The molecule has 1 aliphatic rings. The summed E-state index contributed by atoms with van der Waals surface area (Å²) in [6, 6.07) is 21.9. The quantitative estimate of drug-likeness (QED) is 0.787. The summed E-state index contributed by atoms with van der Waals surface area (Å²) in [6.07, 6.45) is 2.09. The van der Waals surface area contributed by atoms with Gasteiger partial charge in [-0.3, -0.25) is 9.56 Å². The Kier molecular flexibility index (Phi) is 4.76. The van der Waals surface area contributed by atoms with E-state index in [4.69, 9.17) is 4.99 Å². The molecule has 0 unspecified atom stereocenters. The van der Waals surface area contributed by atoms with Crippen LogP contribution in [0.3, 0.4) is 0 Å². The predicted molar refractivity (Wildman–Crippen MR) is 109 cm³/mol. The molecule has 1 aliphatic heterocycles. The van der Waals surface area contributed by atoms with E-state index >= 15 is 0 Å². The first kappa shape index (κ1) is 17.1. The molecule has 3 rings (SSSR count). The highest BCUT2D eigenvalue weighted by atomic mass is 28.3. The van der Waals surface area contributed by atoms with Crippen LogP contribution in [0.1, 0.15) is 0 Å². The summed E-state index contributed by atoms with van der Waals surface area (Å²) in [7, 11) is -3.44. The van der Waals surface area contributed by atoms with Gasteiger partial charge in [-0.25, -0.2) is 0 Å². The van der Waals surface area contributed by atoms with Gasteiger partial charge < -0.3 is 4.57 Å². The lowest BCUT2D eigenvalue weighted by Gasteiger charge is -2.46. The summed E-state index contributed by atoms with van der Waals surface area (Å²) in [5.41, 5.74) is 0. The van der Waals surface area contributed by atoms with Crippen LogP contribution in [0.15, 0.2) is 65.7 Å². The van der Waals surface area contributed by atoms with Gasteiger partial charge in [0.2, 0.25) is 0 Å². The van der Waals surface area contributed by atoms with Crippen LogP contribution in [0.2, 0.25) is 26.2 Å². The SMILES string of the molecule is C[Si](C)(c1ccccc1)N1C=NCN([Si](C)(C)c2ccccc2)C1. The largest absolute Gasteiger partial charge is 0.373 e. The second-order valence-electron chi connectivity index (χ2n) is 7.44. The molecule has 0 saturated heterocycles. The van der Waals surface area contributed by atoms with Gasteiger partial charge in [0, 0.05) is 0 Å². The Labute approximate surface area is 147 Å². The molecule has 2 aromatic carbocycles. The normalized spacial score (nSPS) is 16.4. The molecule has 3 nitrogen and oxygen atoms in total. The van der Waals surface area contributed by atoms with E-state index in [1.807, 2.05) is 0 Å². The summed E-state index contributed by atoms with van der Waals surface area (Å²) >= 11 is 0. The Hall–Kier alpha value is -1.70. The third-order valence-corrected chi connectivity index (χ3v) is 12.3. The van der Waals surface area contributed by atoms with Crippen molar-refractivity contribution in [1.82, 2.24) is 9.13 Å². The van der Waals surface area contributed by atoms with Crippen molar-refractivity contribution in [3.63, 3.8) is 0 Å². The molecular weight excluding hydrogens is 326 g/mol. The molecule has 0 amide bonds. The number of nitrogens with zero attached hydrogens (tertiary/aromatic N) is 3. The Morgan fingerprint density at radius 3 is 1.79 bits per heavy atom. The van der Waals surface area contributed by atoms with Crippen molar-refractivity contribution in [3.8, 4) is 0 Å². The van der Waals surface area contributed by atoms with Crippen molar-refractivity contribution in [3.05, 3.63) is 60.7 Å². The lowest BCUT2D eigenvalue weighted by atomic mass is 10.4.